The summed E-state index contributed by atoms with van der Waals surface area (Å²) in [6.45, 7) is 0. The van der Waals surface area contributed by atoms with E-state index >= 15 is 0 Å². The number of amides is 2. The van der Waals surface area contributed by atoms with Crippen molar-refractivity contribution < 1.29 is 23.5 Å². The van der Waals surface area contributed by atoms with Crippen LogP contribution in [0, 0.1) is 0 Å². The van der Waals surface area contributed by atoms with Crippen molar-refractivity contribution in [3.8, 4) is 11.3 Å². The van der Waals surface area contributed by atoms with Crippen LogP contribution >= 0.6 is 0 Å². The molecule has 0 aliphatic carbocycles. The first-order valence-corrected chi connectivity index (χ1v) is 8.77. The molecular weight excluding hydrogens is 372 g/mol. The third kappa shape index (κ3) is 3.53. The average Bonchev–Trinajstić information content (AvgIpc) is 3.34. The van der Waals surface area contributed by atoms with Gasteiger partial charge in [0.2, 0.25) is 0 Å². The molecule has 1 fully saturated rings. The van der Waals surface area contributed by atoms with E-state index in [2.05, 4.69) is 10.2 Å². The third-order valence-electron chi connectivity index (χ3n) is 4.41. The second-order valence-corrected chi connectivity index (χ2v) is 6.25. The molecule has 144 valence electrons. The van der Waals surface area contributed by atoms with Crippen molar-refractivity contribution in [2.24, 2.45) is 0 Å². The molecule has 0 atom stereocenters. The molecule has 2 aromatic carbocycles. The van der Waals surface area contributed by atoms with Crippen molar-refractivity contribution in [3.63, 3.8) is 0 Å². The van der Waals surface area contributed by atoms with E-state index in [0.717, 1.165) is 5.56 Å². The molecule has 0 radical (unpaired) electrons. The molecule has 0 unspecified atom stereocenters. The highest BCUT2D eigenvalue weighted by Crippen LogP contribution is 2.26. The molecule has 4 rings (SSSR count). The minimum atomic E-state index is -0.501. The Labute approximate surface area is 166 Å². The van der Waals surface area contributed by atoms with Gasteiger partial charge in [-0.25, -0.2) is 9.80 Å². The van der Waals surface area contributed by atoms with E-state index in [1.54, 1.807) is 60.7 Å². The molecule has 0 bridgehead atoms. The number of hydrazine groups is 1. The number of ether oxygens (including phenoxy) is 1. The smallest absolute Gasteiger partial charge is 0.337 e. The van der Waals surface area contributed by atoms with Crippen LogP contribution in [-0.2, 0) is 14.3 Å². The van der Waals surface area contributed by atoms with Crippen molar-refractivity contribution in [1.29, 1.82) is 0 Å². The molecule has 1 saturated heterocycles. The number of carbonyl (C=O) groups excluding carboxylic acids is 3. The van der Waals surface area contributed by atoms with Gasteiger partial charge in [0.15, 0.2) is 0 Å². The highest BCUT2D eigenvalue weighted by Gasteiger charge is 2.34. The van der Waals surface area contributed by atoms with Gasteiger partial charge in [-0.2, -0.15) is 0 Å². The zero-order valence-electron chi connectivity index (χ0n) is 15.4. The topological polar surface area (TPSA) is 88.9 Å². The van der Waals surface area contributed by atoms with E-state index in [0.29, 0.717) is 22.8 Å². The van der Waals surface area contributed by atoms with Crippen LogP contribution in [-0.4, -0.2) is 24.9 Å². The van der Waals surface area contributed by atoms with Crippen LogP contribution in [0.1, 0.15) is 16.1 Å². The Bertz CT molecular complexity index is 1110. The standard InChI is InChI=1S/C22H16N2O5/c1-28-22(27)15-9-7-14(8-10-15)19-12-11-17(29-19)13-18-20(25)23-24(21(18)26)16-5-3-2-4-6-16/h2-13H,1H3,(H,23,25). The van der Waals surface area contributed by atoms with E-state index < -0.39 is 17.8 Å². The first-order chi connectivity index (χ1) is 14.1. The first kappa shape index (κ1) is 18.2. The maximum Gasteiger partial charge on any atom is 0.337 e. The summed E-state index contributed by atoms with van der Waals surface area (Å²) >= 11 is 0. The van der Waals surface area contributed by atoms with Crippen LogP contribution in [0.3, 0.4) is 0 Å². The number of hydrogen-bond donors (Lipinski definition) is 1. The normalized spacial score (nSPS) is 14.9. The number of para-hydroxylation sites is 1. The predicted molar refractivity (Wildman–Crippen MR) is 106 cm³/mol. The van der Waals surface area contributed by atoms with Gasteiger partial charge >= 0.3 is 5.97 Å². The highest BCUT2D eigenvalue weighted by atomic mass is 16.5. The molecule has 1 aliphatic rings. The second-order valence-electron chi connectivity index (χ2n) is 6.25. The largest absolute Gasteiger partial charge is 0.465 e. The summed E-state index contributed by atoms with van der Waals surface area (Å²) in [5.41, 5.74) is 4.27. The van der Waals surface area contributed by atoms with Gasteiger partial charge in [0.1, 0.15) is 17.1 Å². The van der Waals surface area contributed by atoms with Crippen LogP contribution in [0.15, 0.2) is 76.7 Å². The lowest BCUT2D eigenvalue weighted by atomic mass is 10.1. The van der Waals surface area contributed by atoms with Crippen molar-refractivity contribution in [1.82, 2.24) is 5.43 Å². The molecule has 0 saturated carbocycles. The van der Waals surface area contributed by atoms with Crippen LogP contribution in [0.4, 0.5) is 5.69 Å². The Hall–Kier alpha value is -4.13. The van der Waals surface area contributed by atoms with Gasteiger partial charge in [-0.15, -0.1) is 0 Å². The summed E-state index contributed by atoms with van der Waals surface area (Å²) in [4.78, 5) is 36.4. The maximum absolute atomic E-state index is 12.6. The van der Waals surface area contributed by atoms with Gasteiger partial charge in [-0.05, 0) is 42.5 Å². The summed E-state index contributed by atoms with van der Waals surface area (Å²) in [6, 6.07) is 19.0. The van der Waals surface area contributed by atoms with Crippen molar-refractivity contribution in [2.75, 3.05) is 12.1 Å². The summed E-state index contributed by atoms with van der Waals surface area (Å²) in [6.07, 6.45) is 1.41. The summed E-state index contributed by atoms with van der Waals surface area (Å²) in [5.74, 6) is -0.472. The lowest BCUT2D eigenvalue weighted by molar-refractivity contribution is -0.117. The Morgan fingerprint density at radius 1 is 1.00 bits per heavy atom. The summed E-state index contributed by atoms with van der Waals surface area (Å²) < 4.78 is 10.4. The predicted octanol–water partition coefficient (Wildman–Crippen LogP) is 3.19. The lowest BCUT2D eigenvalue weighted by Gasteiger charge is -2.13. The molecule has 1 N–H and O–H groups in total. The molecule has 1 aromatic heterocycles. The zero-order chi connectivity index (χ0) is 20.4. The van der Waals surface area contributed by atoms with E-state index in [1.165, 1.54) is 18.2 Å². The molecule has 2 amide bonds. The molecule has 7 heteroatoms. The van der Waals surface area contributed by atoms with Gasteiger partial charge in [-0.3, -0.25) is 15.0 Å². The minimum absolute atomic E-state index is 0.0178. The molecule has 3 aromatic rings. The third-order valence-corrected chi connectivity index (χ3v) is 4.41. The number of furan rings is 1. The molecule has 29 heavy (non-hydrogen) atoms. The first-order valence-electron chi connectivity index (χ1n) is 8.77. The van der Waals surface area contributed by atoms with E-state index in [4.69, 9.17) is 4.42 Å². The Balaban J connectivity index is 1.57. The fourth-order valence-corrected chi connectivity index (χ4v) is 2.93. The molecule has 1 aliphatic heterocycles. The number of hydrogen-bond acceptors (Lipinski definition) is 5. The highest BCUT2D eigenvalue weighted by molar-refractivity contribution is 6.31. The molecular formula is C22H16N2O5. The number of nitrogens with zero attached hydrogens (tertiary/aromatic N) is 1. The van der Waals surface area contributed by atoms with E-state index in [1.807, 2.05) is 6.07 Å². The van der Waals surface area contributed by atoms with E-state index in [-0.39, 0.29) is 5.57 Å². The van der Waals surface area contributed by atoms with Crippen LogP contribution in [0.5, 0.6) is 0 Å². The maximum atomic E-state index is 12.6. The van der Waals surface area contributed by atoms with Gasteiger partial charge in [0.05, 0.1) is 18.4 Å². The van der Waals surface area contributed by atoms with Gasteiger partial charge in [-0.1, -0.05) is 30.3 Å². The quantitative estimate of drug-likeness (QED) is 0.421. The number of carbonyl (C=O) groups is 3. The number of rotatable bonds is 4. The fourth-order valence-electron chi connectivity index (χ4n) is 2.93. The van der Waals surface area contributed by atoms with Gasteiger partial charge in [0, 0.05) is 5.56 Å². The number of esters is 1. The van der Waals surface area contributed by atoms with Crippen LogP contribution in [0.2, 0.25) is 0 Å². The number of benzene rings is 2. The number of methoxy groups -OCH3 is 1. The van der Waals surface area contributed by atoms with Gasteiger partial charge < -0.3 is 9.15 Å². The van der Waals surface area contributed by atoms with Crippen LogP contribution < -0.4 is 10.4 Å². The monoisotopic (exact) mass is 388 g/mol. The lowest BCUT2D eigenvalue weighted by Crippen LogP contribution is -2.35. The zero-order valence-corrected chi connectivity index (χ0v) is 15.4. The molecule has 7 nitrogen and oxygen atoms in total. The average molecular weight is 388 g/mol. The summed E-state index contributed by atoms with van der Waals surface area (Å²) in [5, 5.41) is 1.20. The van der Waals surface area contributed by atoms with Crippen molar-refractivity contribution in [2.45, 2.75) is 0 Å². The SMILES string of the molecule is COC(=O)c1ccc(-c2ccc(C=C3C(=O)NN(c4ccccc4)C3=O)o2)cc1. The fraction of sp³-hybridized carbons (Fsp3) is 0.0455. The van der Waals surface area contributed by atoms with Crippen molar-refractivity contribution in [3.05, 3.63) is 83.6 Å². The second kappa shape index (κ2) is 7.47. The van der Waals surface area contributed by atoms with Crippen molar-refractivity contribution >= 4 is 29.5 Å². The minimum Gasteiger partial charge on any atom is -0.465 e. The number of anilines is 1. The Morgan fingerprint density at radius 3 is 2.41 bits per heavy atom. The van der Waals surface area contributed by atoms with Gasteiger partial charge in [0.25, 0.3) is 11.8 Å². The molecule has 0 spiro atoms. The Morgan fingerprint density at radius 2 is 1.72 bits per heavy atom. The molecule has 2 heterocycles. The Kier molecular flexibility index (Phi) is 4.70. The summed E-state index contributed by atoms with van der Waals surface area (Å²) in [7, 11) is 1.32. The van der Waals surface area contributed by atoms with Crippen LogP contribution in [0.25, 0.3) is 17.4 Å². The van der Waals surface area contributed by atoms with E-state index in [9.17, 15) is 14.4 Å². The number of nitrogens with one attached hydrogen (secondary N) is 1.